The van der Waals surface area contributed by atoms with Crippen LogP contribution in [0.3, 0.4) is 0 Å². The van der Waals surface area contributed by atoms with E-state index in [2.05, 4.69) is 0 Å². The van der Waals surface area contributed by atoms with Gasteiger partial charge in [0.1, 0.15) is 4.90 Å². The van der Waals surface area contributed by atoms with Crippen molar-refractivity contribution in [2.75, 3.05) is 52.6 Å². The van der Waals surface area contributed by atoms with Gasteiger partial charge >= 0.3 is 0 Å². The summed E-state index contributed by atoms with van der Waals surface area (Å²) < 4.78 is 37.5. The highest BCUT2D eigenvalue weighted by molar-refractivity contribution is 7.89. The first kappa shape index (κ1) is 18.9. The Balaban J connectivity index is 1.96. The molecule has 2 aliphatic rings. The molecular formula is C15H18Cl2N2O5S. The van der Waals surface area contributed by atoms with Crippen LogP contribution in [0.15, 0.2) is 17.0 Å². The van der Waals surface area contributed by atoms with Crippen molar-refractivity contribution in [2.45, 2.75) is 4.90 Å². The predicted octanol–water partition coefficient (Wildman–Crippen LogP) is 1.49. The molecule has 10 heteroatoms. The Bertz CT molecular complexity index is 759. The minimum absolute atomic E-state index is 0.00461. The molecule has 0 aliphatic carbocycles. The molecule has 0 spiro atoms. The largest absolute Gasteiger partial charge is 0.379 e. The summed E-state index contributed by atoms with van der Waals surface area (Å²) in [6, 6.07) is 2.58. The molecule has 138 valence electrons. The van der Waals surface area contributed by atoms with Crippen LogP contribution < -0.4 is 0 Å². The maximum absolute atomic E-state index is 12.9. The molecule has 2 fully saturated rings. The van der Waals surface area contributed by atoms with E-state index in [9.17, 15) is 13.2 Å². The van der Waals surface area contributed by atoms with Crippen molar-refractivity contribution in [2.24, 2.45) is 0 Å². The Labute approximate surface area is 156 Å². The third-order valence-corrected chi connectivity index (χ3v) is 6.81. The maximum atomic E-state index is 12.9. The lowest BCUT2D eigenvalue weighted by atomic mass is 10.2. The van der Waals surface area contributed by atoms with E-state index < -0.39 is 10.0 Å². The minimum atomic E-state index is -3.83. The van der Waals surface area contributed by atoms with Gasteiger partial charge in [-0.25, -0.2) is 8.42 Å². The van der Waals surface area contributed by atoms with E-state index in [1.54, 1.807) is 4.90 Å². The van der Waals surface area contributed by atoms with E-state index in [0.717, 1.165) is 0 Å². The molecular weight excluding hydrogens is 391 g/mol. The number of hydrogen-bond donors (Lipinski definition) is 0. The minimum Gasteiger partial charge on any atom is -0.379 e. The summed E-state index contributed by atoms with van der Waals surface area (Å²) in [5, 5.41) is 0.123. The van der Waals surface area contributed by atoms with Gasteiger partial charge in [0.2, 0.25) is 10.0 Å². The van der Waals surface area contributed by atoms with Crippen molar-refractivity contribution < 1.29 is 22.7 Å². The second-order valence-electron chi connectivity index (χ2n) is 5.68. The van der Waals surface area contributed by atoms with Gasteiger partial charge in [-0.3, -0.25) is 4.79 Å². The van der Waals surface area contributed by atoms with Crippen LogP contribution in [0, 0.1) is 0 Å². The number of ether oxygens (including phenoxy) is 2. The summed E-state index contributed by atoms with van der Waals surface area (Å²) in [7, 11) is -3.83. The molecule has 1 aromatic carbocycles. The lowest BCUT2D eigenvalue weighted by Crippen LogP contribution is -2.41. The zero-order valence-corrected chi connectivity index (χ0v) is 15.7. The predicted molar refractivity (Wildman–Crippen MR) is 92.8 cm³/mol. The third-order valence-electron chi connectivity index (χ3n) is 4.14. The summed E-state index contributed by atoms with van der Waals surface area (Å²) in [5.74, 6) is -0.330. The fourth-order valence-corrected chi connectivity index (χ4v) is 4.99. The molecule has 0 saturated carbocycles. The number of morpholine rings is 2. The Kier molecular flexibility index (Phi) is 5.87. The van der Waals surface area contributed by atoms with Crippen molar-refractivity contribution in [1.82, 2.24) is 9.21 Å². The van der Waals surface area contributed by atoms with Crippen LogP contribution >= 0.6 is 23.2 Å². The number of rotatable bonds is 3. The van der Waals surface area contributed by atoms with Crippen LogP contribution in [-0.2, 0) is 19.5 Å². The van der Waals surface area contributed by atoms with Crippen molar-refractivity contribution >= 4 is 39.1 Å². The van der Waals surface area contributed by atoms with Crippen LogP contribution in [0.5, 0.6) is 0 Å². The molecule has 3 rings (SSSR count). The Morgan fingerprint density at radius 2 is 1.48 bits per heavy atom. The van der Waals surface area contributed by atoms with Gasteiger partial charge in [0.25, 0.3) is 5.91 Å². The van der Waals surface area contributed by atoms with Crippen LogP contribution in [0.25, 0.3) is 0 Å². The molecule has 2 saturated heterocycles. The van der Waals surface area contributed by atoms with Gasteiger partial charge < -0.3 is 14.4 Å². The Hall–Kier alpha value is -0.900. The molecule has 2 aliphatic heterocycles. The lowest BCUT2D eigenvalue weighted by Gasteiger charge is -2.28. The van der Waals surface area contributed by atoms with Crippen molar-refractivity contribution in [3.8, 4) is 0 Å². The number of carbonyl (C=O) groups excluding carboxylic acids is 1. The second-order valence-corrected chi connectivity index (χ2v) is 8.40. The van der Waals surface area contributed by atoms with Crippen LogP contribution in [0.1, 0.15) is 10.4 Å². The molecule has 2 heterocycles. The molecule has 1 aromatic rings. The van der Waals surface area contributed by atoms with E-state index in [0.29, 0.717) is 39.5 Å². The van der Waals surface area contributed by atoms with Gasteiger partial charge in [0.15, 0.2) is 0 Å². The van der Waals surface area contributed by atoms with Crippen LogP contribution in [0.4, 0.5) is 0 Å². The molecule has 25 heavy (non-hydrogen) atoms. The molecule has 0 bridgehead atoms. The van der Waals surface area contributed by atoms with Crippen molar-refractivity contribution in [1.29, 1.82) is 0 Å². The van der Waals surface area contributed by atoms with E-state index in [-0.39, 0.29) is 39.5 Å². The average molecular weight is 409 g/mol. The fraction of sp³-hybridized carbons (Fsp3) is 0.533. The number of hydrogen-bond acceptors (Lipinski definition) is 5. The molecule has 0 N–H and O–H groups in total. The molecule has 7 nitrogen and oxygen atoms in total. The maximum Gasteiger partial charge on any atom is 0.255 e. The van der Waals surface area contributed by atoms with Crippen LogP contribution in [0.2, 0.25) is 10.0 Å². The summed E-state index contributed by atoms with van der Waals surface area (Å²) in [4.78, 5) is 14.2. The fourth-order valence-electron chi connectivity index (χ4n) is 2.75. The van der Waals surface area contributed by atoms with E-state index in [4.69, 9.17) is 32.7 Å². The number of amides is 1. The van der Waals surface area contributed by atoms with Crippen molar-refractivity contribution in [3.05, 3.63) is 27.7 Å². The van der Waals surface area contributed by atoms with E-state index in [1.807, 2.05) is 0 Å². The molecule has 1 amide bonds. The molecule has 0 atom stereocenters. The third kappa shape index (κ3) is 3.94. The highest BCUT2D eigenvalue weighted by atomic mass is 35.5. The van der Waals surface area contributed by atoms with Gasteiger partial charge in [0.05, 0.1) is 42.0 Å². The zero-order valence-electron chi connectivity index (χ0n) is 13.4. The van der Waals surface area contributed by atoms with Gasteiger partial charge in [0, 0.05) is 26.2 Å². The SMILES string of the molecule is O=C(c1cc(S(=O)(=O)N2CCOCC2)c(Cl)cc1Cl)N1CCOCC1. The zero-order chi connectivity index (χ0) is 18.0. The number of halogens is 2. The average Bonchev–Trinajstić information content (AvgIpc) is 2.62. The summed E-state index contributed by atoms with van der Waals surface area (Å²) >= 11 is 12.3. The highest BCUT2D eigenvalue weighted by Crippen LogP contribution is 2.31. The summed E-state index contributed by atoms with van der Waals surface area (Å²) in [6.07, 6.45) is 0. The lowest BCUT2D eigenvalue weighted by molar-refractivity contribution is 0.0303. The smallest absolute Gasteiger partial charge is 0.255 e. The quantitative estimate of drug-likeness (QED) is 0.756. The Morgan fingerprint density at radius 3 is 2.08 bits per heavy atom. The standard InChI is InChI=1S/C15H18Cl2N2O5S/c16-12-10-13(17)14(25(21,22)19-3-7-24-8-4-19)9-11(12)15(20)18-1-5-23-6-2-18/h9-10H,1-8H2. The highest BCUT2D eigenvalue weighted by Gasteiger charge is 2.31. The van der Waals surface area contributed by atoms with Gasteiger partial charge in [-0.2, -0.15) is 4.31 Å². The summed E-state index contributed by atoms with van der Waals surface area (Å²) in [6.45, 7) is 2.88. The molecule has 0 radical (unpaired) electrons. The number of benzene rings is 1. The number of nitrogens with zero attached hydrogens (tertiary/aromatic N) is 2. The topological polar surface area (TPSA) is 76.2 Å². The monoisotopic (exact) mass is 408 g/mol. The van der Waals surface area contributed by atoms with E-state index >= 15 is 0 Å². The first-order valence-electron chi connectivity index (χ1n) is 7.85. The summed E-state index contributed by atoms with van der Waals surface area (Å²) in [5.41, 5.74) is 0.125. The Morgan fingerprint density at radius 1 is 0.920 bits per heavy atom. The molecule has 0 aromatic heterocycles. The van der Waals surface area contributed by atoms with Gasteiger partial charge in [-0.15, -0.1) is 0 Å². The first-order chi connectivity index (χ1) is 11.9. The van der Waals surface area contributed by atoms with Gasteiger partial charge in [-0.1, -0.05) is 23.2 Å². The molecule has 0 unspecified atom stereocenters. The van der Waals surface area contributed by atoms with Crippen molar-refractivity contribution in [3.63, 3.8) is 0 Å². The number of sulfonamides is 1. The first-order valence-corrected chi connectivity index (χ1v) is 10.0. The number of carbonyl (C=O) groups is 1. The second kappa shape index (κ2) is 7.77. The van der Waals surface area contributed by atoms with Crippen LogP contribution in [-0.4, -0.2) is 76.1 Å². The van der Waals surface area contributed by atoms with E-state index in [1.165, 1.54) is 16.4 Å². The normalized spacial score (nSPS) is 19.8. The van der Waals surface area contributed by atoms with Gasteiger partial charge in [-0.05, 0) is 12.1 Å².